The minimum absolute atomic E-state index is 0.0696. The highest BCUT2D eigenvalue weighted by Gasteiger charge is 2.26. The average molecular weight is 234 g/mol. The fourth-order valence-electron chi connectivity index (χ4n) is 1.71. The lowest BCUT2D eigenvalue weighted by Crippen LogP contribution is -2.37. The number of ether oxygens (including phenoxy) is 1. The Morgan fingerprint density at radius 3 is 2.65 bits per heavy atom. The highest BCUT2D eigenvalue weighted by molar-refractivity contribution is 5.98. The maximum atomic E-state index is 11.8. The van der Waals surface area contributed by atoms with Crippen LogP contribution in [0.25, 0.3) is 0 Å². The van der Waals surface area contributed by atoms with E-state index >= 15 is 0 Å². The number of methoxy groups -OCH3 is 1. The van der Waals surface area contributed by atoms with Crippen molar-refractivity contribution in [3.8, 4) is 5.75 Å². The van der Waals surface area contributed by atoms with Crippen molar-refractivity contribution in [2.45, 2.75) is 18.9 Å². The van der Waals surface area contributed by atoms with E-state index in [9.17, 15) is 9.59 Å². The molecule has 0 bridgehead atoms. The molecule has 0 unspecified atom stereocenters. The number of rotatable bonds is 3. The molecule has 1 aromatic rings. The van der Waals surface area contributed by atoms with Gasteiger partial charge in [-0.05, 0) is 30.7 Å². The van der Waals surface area contributed by atoms with Gasteiger partial charge in [0.2, 0.25) is 11.8 Å². The van der Waals surface area contributed by atoms with Gasteiger partial charge in [0.05, 0.1) is 7.11 Å². The molecule has 2 N–H and O–H groups in total. The van der Waals surface area contributed by atoms with E-state index in [0.717, 1.165) is 5.75 Å². The number of nitrogens with one attached hydrogen (secondary N) is 2. The highest BCUT2D eigenvalue weighted by Crippen LogP contribution is 2.16. The van der Waals surface area contributed by atoms with E-state index in [0.29, 0.717) is 18.5 Å². The van der Waals surface area contributed by atoms with Crippen LogP contribution < -0.4 is 15.4 Å². The van der Waals surface area contributed by atoms with Crippen molar-refractivity contribution >= 4 is 17.5 Å². The molecule has 0 saturated carbocycles. The molecule has 0 spiro atoms. The molecule has 2 rings (SSSR count). The third kappa shape index (κ3) is 2.75. The Balaban J connectivity index is 1.95. The summed E-state index contributed by atoms with van der Waals surface area (Å²) in [7, 11) is 1.58. The number of benzene rings is 1. The standard InChI is InChI=1S/C12H14N2O3/c1-17-9-4-2-8(3-5-9)13-12(16)10-6-7-11(15)14-10/h2-5,10H,6-7H2,1H3,(H,13,16)(H,14,15)/t10-/m0/s1. The number of amides is 2. The van der Waals surface area contributed by atoms with Gasteiger partial charge in [-0.1, -0.05) is 0 Å². The van der Waals surface area contributed by atoms with Crippen LogP contribution in [0.4, 0.5) is 5.69 Å². The number of hydrogen-bond acceptors (Lipinski definition) is 3. The Hall–Kier alpha value is -2.04. The molecule has 5 nitrogen and oxygen atoms in total. The van der Waals surface area contributed by atoms with E-state index in [2.05, 4.69) is 10.6 Å². The summed E-state index contributed by atoms with van der Waals surface area (Å²) in [6.45, 7) is 0. The largest absolute Gasteiger partial charge is 0.497 e. The van der Waals surface area contributed by atoms with E-state index < -0.39 is 6.04 Å². The zero-order valence-corrected chi connectivity index (χ0v) is 9.53. The van der Waals surface area contributed by atoms with Crippen LogP contribution in [-0.4, -0.2) is 25.0 Å². The van der Waals surface area contributed by atoms with E-state index in [1.54, 1.807) is 31.4 Å². The maximum absolute atomic E-state index is 11.8. The molecule has 5 heteroatoms. The van der Waals surface area contributed by atoms with Gasteiger partial charge in [0.25, 0.3) is 0 Å². The lowest BCUT2D eigenvalue weighted by Gasteiger charge is -2.11. The van der Waals surface area contributed by atoms with Gasteiger partial charge in [0, 0.05) is 12.1 Å². The minimum atomic E-state index is -0.412. The SMILES string of the molecule is COc1ccc(NC(=O)[C@@H]2CCC(=O)N2)cc1. The summed E-state index contributed by atoms with van der Waals surface area (Å²) in [6.07, 6.45) is 0.974. The molecule has 1 aliphatic heterocycles. The zero-order chi connectivity index (χ0) is 12.3. The molecule has 1 saturated heterocycles. The van der Waals surface area contributed by atoms with Crippen molar-refractivity contribution in [3.63, 3.8) is 0 Å². The molecule has 1 aliphatic rings. The van der Waals surface area contributed by atoms with Crippen LogP contribution in [0.1, 0.15) is 12.8 Å². The van der Waals surface area contributed by atoms with Crippen molar-refractivity contribution in [2.75, 3.05) is 12.4 Å². The Morgan fingerprint density at radius 2 is 2.12 bits per heavy atom. The summed E-state index contributed by atoms with van der Waals surface area (Å²) in [6, 6.07) is 6.64. The second-order valence-corrected chi connectivity index (χ2v) is 3.88. The Kier molecular flexibility index (Phi) is 3.27. The van der Waals surface area contributed by atoms with Crippen molar-refractivity contribution < 1.29 is 14.3 Å². The molecule has 1 aromatic carbocycles. The Bertz CT molecular complexity index is 428. The minimum Gasteiger partial charge on any atom is -0.497 e. The van der Waals surface area contributed by atoms with Gasteiger partial charge < -0.3 is 15.4 Å². The van der Waals surface area contributed by atoms with Gasteiger partial charge in [-0.25, -0.2) is 0 Å². The topological polar surface area (TPSA) is 67.4 Å². The van der Waals surface area contributed by atoms with Crippen LogP contribution >= 0.6 is 0 Å². The monoisotopic (exact) mass is 234 g/mol. The molecule has 17 heavy (non-hydrogen) atoms. The molecule has 90 valence electrons. The quantitative estimate of drug-likeness (QED) is 0.817. The predicted molar refractivity (Wildman–Crippen MR) is 62.8 cm³/mol. The first-order chi connectivity index (χ1) is 8.19. The first-order valence-electron chi connectivity index (χ1n) is 5.43. The van der Waals surface area contributed by atoms with E-state index in [1.165, 1.54) is 0 Å². The summed E-state index contributed by atoms with van der Waals surface area (Å²) >= 11 is 0. The lowest BCUT2D eigenvalue weighted by molar-refractivity contribution is -0.122. The first kappa shape index (κ1) is 11.4. The van der Waals surface area contributed by atoms with Crippen molar-refractivity contribution in [3.05, 3.63) is 24.3 Å². The Morgan fingerprint density at radius 1 is 1.41 bits per heavy atom. The van der Waals surface area contributed by atoms with Gasteiger partial charge in [0.15, 0.2) is 0 Å². The van der Waals surface area contributed by atoms with E-state index in [4.69, 9.17) is 4.74 Å². The van der Waals surface area contributed by atoms with Gasteiger partial charge >= 0.3 is 0 Å². The summed E-state index contributed by atoms with van der Waals surface area (Å²) in [5.41, 5.74) is 0.692. The third-order valence-electron chi connectivity index (χ3n) is 2.67. The third-order valence-corrected chi connectivity index (χ3v) is 2.67. The fourth-order valence-corrected chi connectivity index (χ4v) is 1.71. The maximum Gasteiger partial charge on any atom is 0.246 e. The molecule has 1 fully saturated rings. The first-order valence-corrected chi connectivity index (χ1v) is 5.43. The van der Waals surface area contributed by atoms with Crippen molar-refractivity contribution in [1.29, 1.82) is 0 Å². The number of hydrogen-bond donors (Lipinski definition) is 2. The van der Waals surface area contributed by atoms with E-state index in [-0.39, 0.29) is 11.8 Å². The molecule has 0 aromatic heterocycles. The fraction of sp³-hybridized carbons (Fsp3) is 0.333. The number of carbonyl (C=O) groups excluding carboxylic acids is 2. The molecular formula is C12H14N2O3. The highest BCUT2D eigenvalue weighted by atomic mass is 16.5. The second-order valence-electron chi connectivity index (χ2n) is 3.88. The van der Waals surface area contributed by atoms with Crippen LogP contribution in [0.2, 0.25) is 0 Å². The zero-order valence-electron chi connectivity index (χ0n) is 9.53. The second kappa shape index (κ2) is 4.86. The van der Waals surface area contributed by atoms with Crippen LogP contribution in [-0.2, 0) is 9.59 Å². The normalized spacial score (nSPS) is 18.6. The van der Waals surface area contributed by atoms with Crippen LogP contribution in [0.5, 0.6) is 5.75 Å². The van der Waals surface area contributed by atoms with Crippen molar-refractivity contribution in [1.82, 2.24) is 5.32 Å². The van der Waals surface area contributed by atoms with Crippen LogP contribution in [0, 0.1) is 0 Å². The van der Waals surface area contributed by atoms with Gasteiger partial charge in [0.1, 0.15) is 11.8 Å². The molecule has 2 amide bonds. The lowest BCUT2D eigenvalue weighted by atomic mass is 10.2. The molecular weight excluding hydrogens is 220 g/mol. The summed E-state index contributed by atoms with van der Waals surface area (Å²) < 4.78 is 5.02. The molecule has 1 atom stereocenters. The Labute approximate surface area is 99.2 Å². The van der Waals surface area contributed by atoms with Gasteiger partial charge in [-0.3, -0.25) is 9.59 Å². The number of anilines is 1. The average Bonchev–Trinajstić information content (AvgIpc) is 2.77. The summed E-state index contributed by atoms with van der Waals surface area (Å²) in [5, 5.41) is 5.37. The van der Waals surface area contributed by atoms with Crippen LogP contribution in [0.3, 0.4) is 0 Å². The molecule has 0 radical (unpaired) electrons. The molecule has 0 aliphatic carbocycles. The van der Waals surface area contributed by atoms with Crippen molar-refractivity contribution in [2.24, 2.45) is 0 Å². The smallest absolute Gasteiger partial charge is 0.246 e. The molecule has 1 heterocycles. The summed E-state index contributed by atoms with van der Waals surface area (Å²) in [5.74, 6) is 0.484. The van der Waals surface area contributed by atoms with E-state index in [1.807, 2.05) is 0 Å². The number of carbonyl (C=O) groups is 2. The van der Waals surface area contributed by atoms with Gasteiger partial charge in [-0.2, -0.15) is 0 Å². The van der Waals surface area contributed by atoms with Gasteiger partial charge in [-0.15, -0.1) is 0 Å². The van der Waals surface area contributed by atoms with Crippen LogP contribution in [0.15, 0.2) is 24.3 Å². The predicted octanol–water partition coefficient (Wildman–Crippen LogP) is 0.912. The summed E-state index contributed by atoms with van der Waals surface area (Å²) in [4.78, 5) is 22.7.